The van der Waals surface area contributed by atoms with Crippen LogP contribution in [0.25, 0.3) is 0 Å². The second kappa shape index (κ2) is 6.37. The summed E-state index contributed by atoms with van der Waals surface area (Å²) in [5.74, 6) is 0.142. The first-order valence-corrected chi connectivity index (χ1v) is 8.32. The maximum Gasteiger partial charge on any atom is 0.223 e. The van der Waals surface area contributed by atoms with Crippen molar-refractivity contribution in [1.29, 1.82) is 0 Å². The van der Waals surface area contributed by atoms with E-state index in [4.69, 9.17) is 0 Å². The van der Waals surface area contributed by atoms with Crippen molar-refractivity contribution in [2.75, 3.05) is 26.2 Å². The van der Waals surface area contributed by atoms with Crippen LogP contribution in [0.3, 0.4) is 0 Å². The van der Waals surface area contributed by atoms with E-state index >= 15 is 0 Å². The number of hydrogen-bond donors (Lipinski definition) is 1. The molecule has 3 rings (SSSR count). The third-order valence-corrected chi connectivity index (χ3v) is 5.43. The summed E-state index contributed by atoms with van der Waals surface area (Å²) in [5.41, 5.74) is 1.47. The minimum absolute atomic E-state index is 0.136. The van der Waals surface area contributed by atoms with E-state index in [9.17, 15) is 9.18 Å². The third-order valence-electron chi connectivity index (χ3n) is 5.43. The molecule has 3 nitrogen and oxygen atoms in total. The Balaban J connectivity index is 1.53. The van der Waals surface area contributed by atoms with Crippen LogP contribution < -0.4 is 5.32 Å². The van der Waals surface area contributed by atoms with E-state index in [0.717, 1.165) is 44.6 Å². The number of rotatable bonds is 3. The van der Waals surface area contributed by atoms with Crippen molar-refractivity contribution in [3.8, 4) is 0 Å². The maximum atomic E-state index is 13.0. The molecule has 1 atom stereocenters. The summed E-state index contributed by atoms with van der Waals surface area (Å²) in [4.78, 5) is 14.5. The third kappa shape index (κ3) is 3.32. The van der Waals surface area contributed by atoms with Gasteiger partial charge in [0.05, 0.1) is 0 Å². The van der Waals surface area contributed by atoms with Gasteiger partial charge < -0.3 is 10.2 Å². The highest BCUT2D eigenvalue weighted by atomic mass is 19.1. The number of benzene rings is 1. The number of halogens is 1. The highest BCUT2D eigenvalue weighted by Crippen LogP contribution is 2.37. The van der Waals surface area contributed by atoms with Crippen LogP contribution in [0, 0.1) is 11.2 Å². The molecule has 120 valence electrons. The first-order valence-electron chi connectivity index (χ1n) is 8.32. The first kappa shape index (κ1) is 15.5. The van der Waals surface area contributed by atoms with E-state index < -0.39 is 0 Å². The van der Waals surface area contributed by atoms with Gasteiger partial charge in [0.1, 0.15) is 5.82 Å². The molecule has 2 heterocycles. The van der Waals surface area contributed by atoms with Gasteiger partial charge in [0, 0.05) is 26.1 Å². The number of likely N-dealkylation sites (tertiary alicyclic amines) is 1. The Labute approximate surface area is 131 Å². The van der Waals surface area contributed by atoms with Crippen molar-refractivity contribution < 1.29 is 9.18 Å². The number of nitrogens with zero attached hydrogens (tertiary/aromatic N) is 1. The van der Waals surface area contributed by atoms with Crippen LogP contribution in [0.15, 0.2) is 24.3 Å². The molecule has 1 amide bonds. The average molecular weight is 304 g/mol. The van der Waals surface area contributed by atoms with Crippen LogP contribution in [0.4, 0.5) is 4.39 Å². The highest BCUT2D eigenvalue weighted by molar-refractivity contribution is 5.77. The lowest BCUT2D eigenvalue weighted by Gasteiger charge is -2.39. The van der Waals surface area contributed by atoms with Crippen molar-refractivity contribution in [2.24, 2.45) is 5.41 Å². The second-order valence-electron chi connectivity index (χ2n) is 6.96. The Morgan fingerprint density at radius 1 is 1.27 bits per heavy atom. The van der Waals surface area contributed by atoms with E-state index in [1.54, 1.807) is 12.1 Å². The molecule has 2 aliphatic rings. The predicted octanol–water partition coefficient (Wildman–Crippen LogP) is 2.92. The molecule has 0 bridgehead atoms. The van der Waals surface area contributed by atoms with Gasteiger partial charge in [-0.1, -0.05) is 19.1 Å². The monoisotopic (exact) mass is 304 g/mol. The molecule has 1 N–H and O–H groups in total. The Morgan fingerprint density at radius 2 is 1.95 bits per heavy atom. The fourth-order valence-corrected chi connectivity index (χ4v) is 3.75. The molecule has 0 radical (unpaired) electrons. The summed E-state index contributed by atoms with van der Waals surface area (Å²) in [7, 11) is 0. The molecule has 2 aliphatic heterocycles. The van der Waals surface area contributed by atoms with Crippen LogP contribution in [-0.2, 0) is 4.79 Å². The van der Waals surface area contributed by atoms with Crippen LogP contribution in [0.1, 0.15) is 44.1 Å². The van der Waals surface area contributed by atoms with Crippen molar-refractivity contribution in [2.45, 2.75) is 38.5 Å². The van der Waals surface area contributed by atoms with Crippen molar-refractivity contribution in [3.05, 3.63) is 35.6 Å². The smallest absolute Gasteiger partial charge is 0.223 e. The molecule has 0 aliphatic carbocycles. The number of piperidine rings is 1. The van der Waals surface area contributed by atoms with Crippen LogP contribution in [-0.4, -0.2) is 37.0 Å². The molecule has 0 saturated carbocycles. The molecule has 1 unspecified atom stereocenters. The van der Waals surface area contributed by atoms with E-state index in [2.05, 4.69) is 5.32 Å². The molecule has 0 aromatic heterocycles. The maximum absolute atomic E-state index is 13.0. The zero-order chi connectivity index (χ0) is 15.6. The Kier molecular flexibility index (Phi) is 4.48. The summed E-state index contributed by atoms with van der Waals surface area (Å²) in [5, 5.41) is 3.45. The Hall–Kier alpha value is -1.42. The molecule has 2 fully saturated rings. The summed E-state index contributed by atoms with van der Waals surface area (Å²) < 4.78 is 13.0. The molecule has 1 aromatic rings. The lowest BCUT2D eigenvalue weighted by Crippen LogP contribution is -2.44. The summed E-state index contributed by atoms with van der Waals surface area (Å²) in [6.45, 7) is 6.04. The quantitative estimate of drug-likeness (QED) is 0.931. The van der Waals surface area contributed by atoms with Gasteiger partial charge in [0.2, 0.25) is 5.91 Å². The van der Waals surface area contributed by atoms with Gasteiger partial charge in [0.25, 0.3) is 0 Å². The molecule has 4 heteroatoms. The SMILES string of the molecule is CC(CC(=O)N1CCC2(CCNC2)CC1)c1ccc(F)cc1. The van der Waals surface area contributed by atoms with E-state index in [0.29, 0.717) is 11.8 Å². The topological polar surface area (TPSA) is 32.3 Å². The zero-order valence-corrected chi connectivity index (χ0v) is 13.3. The van der Waals surface area contributed by atoms with Crippen molar-refractivity contribution in [1.82, 2.24) is 10.2 Å². The highest BCUT2D eigenvalue weighted by Gasteiger charge is 2.38. The number of hydrogen-bond acceptors (Lipinski definition) is 2. The van der Waals surface area contributed by atoms with E-state index in [1.165, 1.54) is 18.6 Å². The van der Waals surface area contributed by atoms with Gasteiger partial charge in [-0.2, -0.15) is 0 Å². The fraction of sp³-hybridized carbons (Fsp3) is 0.611. The molecular formula is C18H25FN2O. The van der Waals surface area contributed by atoms with Gasteiger partial charge in [0.15, 0.2) is 0 Å². The molecule has 2 saturated heterocycles. The molecule has 22 heavy (non-hydrogen) atoms. The standard InChI is InChI=1S/C18H25FN2O/c1-14(15-2-4-16(19)5-3-15)12-17(22)21-10-7-18(8-11-21)6-9-20-13-18/h2-5,14,20H,6-13H2,1H3. The van der Waals surface area contributed by atoms with Crippen molar-refractivity contribution >= 4 is 5.91 Å². The largest absolute Gasteiger partial charge is 0.343 e. The normalized spacial score (nSPS) is 22.0. The van der Waals surface area contributed by atoms with Gasteiger partial charge in [-0.25, -0.2) is 4.39 Å². The number of nitrogens with one attached hydrogen (secondary N) is 1. The fourth-order valence-electron chi connectivity index (χ4n) is 3.75. The van der Waals surface area contributed by atoms with Crippen molar-refractivity contribution in [3.63, 3.8) is 0 Å². The summed E-state index contributed by atoms with van der Waals surface area (Å²) >= 11 is 0. The van der Waals surface area contributed by atoms with Crippen LogP contribution in [0.5, 0.6) is 0 Å². The Bertz CT molecular complexity index is 512. The lowest BCUT2D eigenvalue weighted by atomic mass is 9.77. The number of carbonyl (C=O) groups excluding carboxylic acids is 1. The summed E-state index contributed by atoms with van der Waals surface area (Å²) in [6.07, 6.45) is 4.01. The number of carbonyl (C=O) groups is 1. The van der Waals surface area contributed by atoms with E-state index in [1.807, 2.05) is 11.8 Å². The van der Waals surface area contributed by atoms with Gasteiger partial charge in [-0.15, -0.1) is 0 Å². The predicted molar refractivity (Wildman–Crippen MR) is 85.2 cm³/mol. The van der Waals surface area contributed by atoms with Gasteiger partial charge in [-0.3, -0.25) is 4.79 Å². The average Bonchev–Trinajstić information content (AvgIpc) is 2.96. The molecule has 1 spiro atoms. The first-order chi connectivity index (χ1) is 10.6. The van der Waals surface area contributed by atoms with Crippen LogP contribution >= 0.6 is 0 Å². The van der Waals surface area contributed by atoms with Gasteiger partial charge in [-0.05, 0) is 54.8 Å². The number of amides is 1. The Morgan fingerprint density at radius 3 is 2.55 bits per heavy atom. The summed E-state index contributed by atoms with van der Waals surface area (Å²) in [6, 6.07) is 6.49. The van der Waals surface area contributed by atoms with E-state index in [-0.39, 0.29) is 17.6 Å². The zero-order valence-electron chi connectivity index (χ0n) is 13.3. The van der Waals surface area contributed by atoms with Crippen LogP contribution in [0.2, 0.25) is 0 Å². The second-order valence-corrected chi connectivity index (χ2v) is 6.96. The minimum Gasteiger partial charge on any atom is -0.343 e. The lowest BCUT2D eigenvalue weighted by molar-refractivity contribution is -0.133. The van der Waals surface area contributed by atoms with Gasteiger partial charge >= 0.3 is 0 Å². The molecular weight excluding hydrogens is 279 g/mol. The molecule has 1 aromatic carbocycles. The minimum atomic E-state index is -0.228.